The van der Waals surface area contributed by atoms with Gasteiger partial charge < -0.3 is 9.40 Å². The molecule has 4 nitrogen and oxygen atoms in total. The fraction of sp³-hybridized carbons (Fsp3) is 0.278. The van der Waals surface area contributed by atoms with Crippen LogP contribution >= 0.6 is 0 Å². The number of rotatable bonds is 5. The molecule has 1 aromatic carbocycles. The van der Waals surface area contributed by atoms with Crippen LogP contribution in [0.3, 0.4) is 0 Å². The number of aryl methyl sites for hydroxylation is 1. The van der Waals surface area contributed by atoms with Gasteiger partial charge in [-0.3, -0.25) is 10.1 Å². The molecule has 2 atom stereocenters. The number of H-pyrrole nitrogens is 1. The Labute approximate surface area is 129 Å². The summed E-state index contributed by atoms with van der Waals surface area (Å²) in [5.74, 6) is 0.920. The monoisotopic (exact) mass is 296 g/mol. The molecule has 0 spiro atoms. The van der Waals surface area contributed by atoms with Gasteiger partial charge in [-0.25, -0.2) is 0 Å². The van der Waals surface area contributed by atoms with Crippen molar-refractivity contribution in [3.63, 3.8) is 0 Å². The molecule has 0 unspecified atom stereocenters. The summed E-state index contributed by atoms with van der Waals surface area (Å²) in [4.78, 5) is 16.1. The first-order valence-electron chi connectivity index (χ1n) is 7.49. The van der Waals surface area contributed by atoms with Gasteiger partial charge in [0, 0.05) is 22.2 Å². The van der Waals surface area contributed by atoms with Crippen LogP contribution in [0.2, 0.25) is 0 Å². The number of benzene rings is 1. The van der Waals surface area contributed by atoms with E-state index in [-0.39, 0.29) is 17.9 Å². The van der Waals surface area contributed by atoms with E-state index >= 15 is 0 Å². The number of ketones is 1. The quantitative estimate of drug-likeness (QED) is 0.700. The van der Waals surface area contributed by atoms with E-state index in [4.69, 9.17) is 4.42 Å². The highest BCUT2D eigenvalue weighted by atomic mass is 16.3. The summed E-state index contributed by atoms with van der Waals surface area (Å²) in [6.45, 7) is 5.82. The molecule has 2 aromatic heterocycles. The second-order valence-electron chi connectivity index (χ2n) is 5.66. The van der Waals surface area contributed by atoms with Crippen molar-refractivity contribution in [3.8, 4) is 0 Å². The lowest BCUT2D eigenvalue weighted by molar-refractivity contribution is 0.0945. The van der Waals surface area contributed by atoms with Crippen molar-refractivity contribution in [2.75, 3.05) is 0 Å². The first-order chi connectivity index (χ1) is 10.6. The standard InChI is InChI=1S/C18H20N2O2/c1-11(16-9-6-10-22-16)19-13(3)18(21)17-12(2)20-15-8-5-4-7-14(15)17/h4-11,13,19-20H,1-3H3/t11-,13-/m0/s1. The summed E-state index contributed by atoms with van der Waals surface area (Å²) in [6, 6.07) is 11.3. The van der Waals surface area contributed by atoms with Crippen LogP contribution in [0, 0.1) is 6.92 Å². The van der Waals surface area contributed by atoms with Crippen LogP contribution in [0.4, 0.5) is 0 Å². The highest BCUT2D eigenvalue weighted by Gasteiger charge is 2.23. The van der Waals surface area contributed by atoms with Gasteiger partial charge in [0.2, 0.25) is 0 Å². The molecule has 0 aliphatic carbocycles. The van der Waals surface area contributed by atoms with E-state index in [1.807, 2.05) is 57.2 Å². The second kappa shape index (κ2) is 5.81. The van der Waals surface area contributed by atoms with Crippen molar-refractivity contribution < 1.29 is 9.21 Å². The van der Waals surface area contributed by atoms with Gasteiger partial charge in [0.25, 0.3) is 0 Å². The lowest BCUT2D eigenvalue weighted by Gasteiger charge is -2.17. The minimum absolute atomic E-state index is 0.0144. The van der Waals surface area contributed by atoms with Gasteiger partial charge in [-0.1, -0.05) is 18.2 Å². The SMILES string of the molecule is Cc1[nH]c2ccccc2c1C(=O)[C@H](C)N[C@@H](C)c1ccco1. The maximum atomic E-state index is 12.8. The Morgan fingerprint density at radius 3 is 2.68 bits per heavy atom. The molecule has 0 radical (unpaired) electrons. The number of aromatic nitrogens is 1. The Morgan fingerprint density at radius 1 is 1.18 bits per heavy atom. The van der Waals surface area contributed by atoms with Gasteiger partial charge in [0.05, 0.1) is 18.3 Å². The van der Waals surface area contributed by atoms with Crippen LogP contribution in [-0.4, -0.2) is 16.8 Å². The van der Waals surface area contributed by atoms with Crippen LogP contribution in [0.25, 0.3) is 10.9 Å². The van der Waals surface area contributed by atoms with Crippen LogP contribution in [0.1, 0.15) is 41.7 Å². The molecule has 114 valence electrons. The van der Waals surface area contributed by atoms with E-state index < -0.39 is 0 Å². The average molecular weight is 296 g/mol. The zero-order valence-corrected chi connectivity index (χ0v) is 13.0. The Morgan fingerprint density at radius 2 is 1.95 bits per heavy atom. The molecule has 0 saturated heterocycles. The van der Waals surface area contributed by atoms with Gasteiger partial charge in [-0.15, -0.1) is 0 Å². The van der Waals surface area contributed by atoms with Gasteiger partial charge in [-0.2, -0.15) is 0 Å². The van der Waals surface area contributed by atoms with E-state index in [0.717, 1.165) is 27.9 Å². The molecule has 2 N–H and O–H groups in total. The number of furan rings is 1. The van der Waals surface area contributed by atoms with Crippen molar-refractivity contribution in [2.45, 2.75) is 32.9 Å². The zero-order valence-electron chi connectivity index (χ0n) is 13.0. The lowest BCUT2D eigenvalue weighted by Crippen LogP contribution is -2.36. The highest BCUT2D eigenvalue weighted by Crippen LogP contribution is 2.24. The summed E-state index contributed by atoms with van der Waals surface area (Å²) in [7, 11) is 0. The molecular weight excluding hydrogens is 276 g/mol. The molecule has 3 aromatic rings. The molecule has 3 rings (SSSR count). The van der Waals surface area contributed by atoms with Crippen LogP contribution in [0.15, 0.2) is 47.1 Å². The maximum Gasteiger partial charge on any atom is 0.181 e. The average Bonchev–Trinajstić information content (AvgIpc) is 3.13. The predicted octanol–water partition coefficient (Wildman–Crippen LogP) is 3.99. The predicted molar refractivity (Wildman–Crippen MR) is 87.1 cm³/mol. The number of para-hydroxylation sites is 1. The fourth-order valence-electron chi connectivity index (χ4n) is 2.88. The Hall–Kier alpha value is -2.33. The molecule has 0 aliphatic heterocycles. The maximum absolute atomic E-state index is 12.8. The summed E-state index contributed by atoms with van der Waals surface area (Å²) in [5.41, 5.74) is 2.67. The number of carbonyl (C=O) groups excluding carboxylic acids is 1. The topological polar surface area (TPSA) is 58.0 Å². The summed E-state index contributed by atoms with van der Waals surface area (Å²) in [6.07, 6.45) is 1.64. The van der Waals surface area contributed by atoms with Crippen LogP contribution in [0.5, 0.6) is 0 Å². The van der Waals surface area contributed by atoms with E-state index in [1.54, 1.807) is 6.26 Å². The second-order valence-corrected chi connectivity index (χ2v) is 5.66. The molecular formula is C18H20N2O2. The van der Waals surface area contributed by atoms with Gasteiger partial charge in [-0.05, 0) is 39.0 Å². The lowest BCUT2D eigenvalue weighted by atomic mass is 10.0. The summed E-state index contributed by atoms with van der Waals surface area (Å²) < 4.78 is 5.38. The van der Waals surface area contributed by atoms with Gasteiger partial charge in [0.15, 0.2) is 5.78 Å². The Kier molecular flexibility index (Phi) is 3.86. The summed E-state index contributed by atoms with van der Waals surface area (Å²) in [5, 5.41) is 4.28. The number of nitrogens with one attached hydrogen (secondary N) is 2. The van der Waals surface area contributed by atoms with E-state index in [0.29, 0.717) is 0 Å². The normalized spacial score (nSPS) is 14.1. The first-order valence-corrected chi connectivity index (χ1v) is 7.49. The van der Waals surface area contributed by atoms with E-state index in [2.05, 4.69) is 10.3 Å². The number of hydrogen-bond donors (Lipinski definition) is 2. The third kappa shape index (κ3) is 2.57. The van der Waals surface area contributed by atoms with Crippen molar-refractivity contribution in [3.05, 3.63) is 59.7 Å². The number of aromatic amines is 1. The Balaban J connectivity index is 1.84. The number of hydrogen-bond acceptors (Lipinski definition) is 3. The zero-order chi connectivity index (χ0) is 15.7. The molecule has 4 heteroatoms. The first kappa shape index (κ1) is 14.6. The fourth-order valence-corrected chi connectivity index (χ4v) is 2.88. The summed E-state index contributed by atoms with van der Waals surface area (Å²) >= 11 is 0. The minimum atomic E-state index is -0.294. The van der Waals surface area contributed by atoms with Crippen molar-refractivity contribution in [1.82, 2.24) is 10.3 Å². The van der Waals surface area contributed by atoms with Gasteiger partial charge >= 0.3 is 0 Å². The molecule has 22 heavy (non-hydrogen) atoms. The van der Waals surface area contributed by atoms with Crippen LogP contribution < -0.4 is 5.32 Å². The Bertz CT molecular complexity index is 787. The van der Waals surface area contributed by atoms with Gasteiger partial charge in [0.1, 0.15) is 5.76 Å². The van der Waals surface area contributed by atoms with E-state index in [1.165, 1.54) is 0 Å². The minimum Gasteiger partial charge on any atom is -0.468 e. The number of fused-ring (bicyclic) bond motifs is 1. The van der Waals surface area contributed by atoms with Crippen molar-refractivity contribution >= 4 is 16.7 Å². The molecule has 2 heterocycles. The third-order valence-electron chi connectivity index (χ3n) is 4.00. The number of Topliss-reactive ketones (excluding diaryl/α,β-unsaturated/α-hetero) is 1. The molecule has 0 fully saturated rings. The van der Waals surface area contributed by atoms with Crippen molar-refractivity contribution in [1.29, 1.82) is 0 Å². The van der Waals surface area contributed by atoms with Crippen LogP contribution in [-0.2, 0) is 0 Å². The smallest absolute Gasteiger partial charge is 0.181 e. The third-order valence-corrected chi connectivity index (χ3v) is 4.00. The molecule has 0 saturated carbocycles. The highest BCUT2D eigenvalue weighted by molar-refractivity contribution is 6.11. The molecule has 0 amide bonds. The molecule has 0 bridgehead atoms. The van der Waals surface area contributed by atoms with Crippen molar-refractivity contribution in [2.24, 2.45) is 0 Å². The van der Waals surface area contributed by atoms with E-state index in [9.17, 15) is 4.79 Å². The largest absolute Gasteiger partial charge is 0.468 e. The molecule has 0 aliphatic rings. The number of carbonyl (C=O) groups is 1.